The molecule has 3 rings (SSSR count). The number of hydrogen-bond acceptors (Lipinski definition) is 6. The molecule has 0 saturated heterocycles. The van der Waals surface area contributed by atoms with Crippen LogP contribution >= 0.6 is 11.6 Å². The molecule has 27 heavy (non-hydrogen) atoms. The number of esters is 1. The molecular weight excluding hydrogens is 375 g/mol. The Balaban J connectivity index is 1.60. The van der Waals surface area contributed by atoms with Gasteiger partial charge in [0.05, 0.1) is 17.7 Å². The maximum absolute atomic E-state index is 13.1. The van der Waals surface area contributed by atoms with E-state index in [4.69, 9.17) is 25.6 Å². The van der Waals surface area contributed by atoms with Gasteiger partial charge < -0.3 is 14.0 Å². The zero-order valence-corrected chi connectivity index (χ0v) is 14.9. The summed E-state index contributed by atoms with van der Waals surface area (Å²) in [5.41, 5.74) is 1.23. The molecule has 0 fully saturated rings. The monoisotopic (exact) mass is 388 g/mol. The van der Waals surface area contributed by atoms with E-state index in [9.17, 15) is 9.18 Å². The SMILES string of the molecule is COc1ccccc1-c1noc(COC(=O)/C=C/c2ccc(F)c(Cl)c2)n1. The number of ether oxygens (including phenoxy) is 2. The van der Waals surface area contributed by atoms with E-state index < -0.39 is 11.8 Å². The van der Waals surface area contributed by atoms with Crippen molar-refractivity contribution in [1.82, 2.24) is 10.1 Å². The fraction of sp³-hybridized carbons (Fsp3) is 0.105. The molecule has 0 aliphatic heterocycles. The third-order valence-electron chi connectivity index (χ3n) is 3.51. The normalized spacial score (nSPS) is 10.9. The molecule has 3 aromatic rings. The number of rotatable bonds is 6. The van der Waals surface area contributed by atoms with Gasteiger partial charge in [0.25, 0.3) is 5.89 Å². The van der Waals surface area contributed by atoms with Crippen molar-refractivity contribution in [2.24, 2.45) is 0 Å². The van der Waals surface area contributed by atoms with Crippen molar-refractivity contribution in [3.05, 3.63) is 70.8 Å². The molecule has 0 radical (unpaired) electrons. The van der Waals surface area contributed by atoms with E-state index in [-0.39, 0.29) is 17.5 Å². The number of para-hydroxylation sites is 1. The molecule has 0 spiro atoms. The maximum atomic E-state index is 13.1. The second kappa shape index (κ2) is 8.46. The van der Waals surface area contributed by atoms with E-state index in [1.165, 1.54) is 30.4 Å². The van der Waals surface area contributed by atoms with Crippen molar-refractivity contribution in [3.63, 3.8) is 0 Å². The molecule has 0 unspecified atom stereocenters. The number of nitrogens with zero attached hydrogens (tertiary/aromatic N) is 2. The highest BCUT2D eigenvalue weighted by molar-refractivity contribution is 6.30. The van der Waals surface area contributed by atoms with Crippen LogP contribution in [0.2, 0.25) is 5.02 Å². The Morgan fingerprint density at radius 3 is 2.89 bits per heavy atom. The van der Waals surface area contributed by atoms with Crippen LogP contribution < -0.4 is 4.74 Å². The van der Waals surface area contributed by atoms with Crippen LogP contribution in [-0.4, -0.2) is 23.2 Å². The van der Waals surface area contributed by atoms with Crippen molar-refractivity contribution >= 4 is 23.6 Å². The lowest BCUT2D eigenvalue weighted by Gasteiger charge is -2.03. The van der Waals surface area contributed by atoms with Gasteiger partial charge in [-0.15, -0.1) is 0 Å². The second-order valence-corrected chi connectivity index (χ2v) is 5.73. The van der Waals surface area contributed by atoms with E-state index in [1.807, 2.05) is 12.1 Å². The fourth-order valence-electron chi connectivity index (χ4n) is 2.21. The highest BCUT2D eigenvalue weighted by atomic mass is 35.5. The van der Waals surface area contributed by atoms with Crippen molar-refractivity contribution in [2.75, 3.05) is 7.11 Å². The third-order valence-corrected chi connectivity index (χ3v) is 3.80. The minimum Gasteiger partial charge on any atom is -0.496 e. The molecule has 6 nitrogen and oxygen atoms in total. The summed E-state index contributed by atoms with van der Waals surface area (Å²) < 4.78 is 28.5. The van der Waals surface area contributed by atoms with E-state index in [0.29, 0.717) is 22.7 Å². The van der Waals surface area contributed by atoms with Crippen LogP contribution in [0, 0.1) is 5.82 Å². The molecule has 138 valence electrons. The summed E-state index contributed by atoms with van der Waals surface area (Å²) in [6, 6.07) is 11.3. The predicted molar refractivity (Wildman–Crippen MR) is 96.5 cm³/mol. The number of benzene rings is 2. The zero-order valence-electron chi connectivity index (χ0n) is 14.2. The van der Waals surface area contributed by atoms with Crippen LogP contribution in [-0.2, 0) is 16.1 Å². The molecule has 1 heterocycles. The number of hydrogen-bond donors (Lipinski definition) is 0. The van der Waals surface area contributed by atoms with Gasteiger partial charge in [-0.2, -0.15) is 4.98 Å². The fourth-order valence-corrected chi connectivity index (χ4v) is 2.40. The number of halogens is 2. The molecule has 0 saturated carbocycles. The summed E-state index contributed by atoms with van der Waals surface area (Å²) in [5.74, 6) is -0.0775. The van der Waals surface area contributed by atoms with Gasteiger partial charge in [-0.3, -0.25) is 0 Å². The Kier molecular flexibility index (Phi) is 5.83. The van der Waals surface area contributed by atoms with Gasteiger partial charge in [-0.1, -0.05) is 35.0 Å². The van der Waals surface area contributed by atoms with E-state index >= 15 is 0 Å². The number of methoxy groups -OCH3 is 1. The van der Waals surface area contributed by atoms with E-state index in [1.54, 1.807) is 19.2 Å². The Morgan fingerprint density at radius 2 is 2.11 bits per heavy atom. The van der Waals surface area contributed by atoms with Gasteiger partial charge in [0.15, 0.2) is 6.61 Å². The third kappa shape index (κ3) is 4.71. The molecule has 0 bridgehead atoms. The summed E-state index contributed by atoms with van der Waals surface area (Å²) in [7, 11) is 1.54. The summed E-state index contributed by atoms with van der Waals surface area (Å²) in [6.07, 6.45) is 2.66. The molecule has 0 amide bonds. The van der Waals surface area contributed by atoms with Gasteiger partial charge in [0.1, 0.15) is 11.6 Å². The quantitative estimate of drug-likeness (QED) is 0.463. The highest BCUT2D eigenvalue weighted by Crippen LogP contribution is 2.27. The average molecular weight is 389 g/mol. The topological polar surface area (TPSA) is 74.5 Å². The van der Waals surface area contributed by atoms with Crippen LogP contribution in [0.4, 0.5) is 4.39 Å². The van der Waals surface area contributed by atoms with Crippen LogP contribution in [0.3, 0.4) is 0 Å². The standard InChI is InChI=1S/C19H14ClFN2O4/c1-25-16-5-3-2-4-13(16)19-22-17(27-23-19)11-26-18(24)9-7-12-6-8-15(21)14(20)10-12/h2-10H,11H2,1H3/b9-7+. The largest absolute Gasteiger partial charge is 0.496 e. The predicted octanol–water partition coefficient (Wildman–Crippen LogP) is 4.29. The van der Waals surface area contributed by atoms with Crippen LogP contribution in [0.15, 0.2) is 53.1 Å². The van der Waals surface area contributed by atoms with Crippen LogP contribution in [0.25, 0.3) is 17.5 Å². The lowest BCUT2D eigenvalue weighted by molar-refractivity contribution is -0.139. The first-order valence-corrected chi connectivity index (χ1v) is 8.20. The average Bonchev–Trinajstić information content (AvgIpc) is 3.16. The van der Waals surface area contributed by atoms with Crippen molar-refractivity contribution in [3.8, 4) is 17.1 Å². The minimum atomic E-state index is -0.618. The molecule has 2 aromatic carbocycles. The summed E-state index contributed by atoms with van der Waals surface area (Å²) in [5, 5.41) is 3.83. The van der Waals surface area contributed by atoms with Gasteiger partial charge in [0, 0.05) is 6.08 Å². The second-order valence-electron chi connectivity index (χ2n) is 5.33. The lowest BCUT2D eigenvalue weighted by Crippen LogP contribution is -2.01. The summed E-state index contributed by atoms with van der Waals surface area (Å²) in [6.45, 7) is -0.185. The molecular formula is C19H14ClFN2O4. The first-order chi connectivity index (χ1) is 13.1. The van der Waals surface area contributed by atoms with Crippen LogP contribution in [0.5, 0.6) is 5.75 Å². The molecule has 8 heteroatoms. The van der Waals surface area contributed by atoms with Crippen LogP contribution in [0.1, 0.15) is 11.5 Å². The van der Waals surface area contributed by atoms with Crippen molar-refractivity contribution < 1.29 is 23.2 Å². The molecule has 0 aliphatic carbocycles. The highest BCUT2D eigenvalue weighted by Gasteiger charge is 2.13. The Hall–Kier alpha value is -3.19. The van der Waals surface area contributed by atoms with Gasteiger partial charge in [0.2, 0.25) is 5.82 Å². The van der Waals surface area contributed by atoms with Crippen molar-refractivity contribution in [2.45, 2.75) is 6.61 Å². The molecule has 1 aromatic heterocycles. The Morgan fingerprint density at radius 1 is 1.30 bits per heavy atom. The molecule has 0 aliphatic rings. The van der Waals surface area contributed by atoms with Gasteiger partial charge in [-0.05, 0) is 35.9 Å². The number of aromatic nitrogens is 2. The number of carbonyl (C=O) groups excluding carboxylic acids is 1. The van der Waals surface area contributed by atoms with Crippen molar-refractivity contribution in [1.29, 1.82) is 0 Å². The maximum Gasteiger partial charge on any atom is 0.331 e. The summed E-state index contributed by atoms with van der Waals surface area (Å²) in [4.78, 5) is 16.0. The summed E-state index contributed by atoms with van der Waals surface area (Å²) >= 11 is 5.68. The minimum absolute atomic E-state index is 0.0275. The first-order valence-electron chi connectivity index (χ1n) is 7.82. The van der Waals surface area contributed by atoms with Gasteiger partial charge in [-0.25, -0.2) is 9.18 Å². The lowest BCUT2D eigenvalue weighted by atomic mass is 10.2. The molecule has 0 N–H and O–H groups in total. The number of carbonyl (C=O) groups is 1. The Labute approximate surface area is 159 Å². The first kappa shape index (κ1) is 18.6. The van der Waals surface area contributed by atoms with E-state index in [2.05, 4.69) is 10.1 Å². The van der Waals surface area contributed by atoms with E-state index in [0.717, 1.165) is 0 Å². The smallest absolute Gasteiger partial charge is 0.331 e. The zero-order chi connectivity index (χ0) is 19.2. The molecule has 0 atom stereocenters. The van der Waals surface area contributed by atoms with Gasteiger partial charge >= 0.3 is 5.97 Å². The Bertz CT molecular complexity index is 987.